The van der Waals surface area contributed by atoms with E-state index in [0.29, 0.717) is 0 Å². The van der Waals surface area contributed by atoms with E-state index in [1.54, 1.807) is 0 Å². The average Bonchev–Trinajstić information content (AvgIpc) is 2.34. The summed E-state index contributed by atoms with van der Waals surface area (Å²) < 4.78 is 1.17. The molecule has 0 heterocycles. The highest BCUT2D eigenvalue weighted by atomic mass is 127. The van der Waals surface area contributed by atoms with Gasteiger partial charge in [0.2, 0.25) is 5.91 Å². The molecule has 0 saturated heterocycles. The van der Waals surface area contributed by atoms with Gasteiger partial charge in [-0.15, -0.1) is 0 Å². The Morgan fingerprint density at radius 3 is 2.78 bits per heavy atom. The summed E-state index contributed by atoms with van der Waals surface area (Å²) in [4.78, 5) is 12.2. The summed E-state index contributed by atoms with van der Waals surface area (Å²) in [7, 11) is 0. The fourth-order valence-electron chi connectivity index (χ4n) is 2.39. The third-order valence-corrected chi connectivity index (χ3v) is 4.76. The molecule has 1 aromatic rings. The van der Waals surface area contributed by atoms with Crippen LogP contribution in [0, 0.1) is 16.4 Å². The van der Waals surface area contributed by atoms with Crippen LogP contribution in [-0.2, 0) is 4.79 Å². The van der Waals surface area contributed by atoms with Crippen LogP contribution in [-0.4, -0.2) is 11.9 Å². The van der Waals surface area contributed by atoms with Crippen LogP contribution in [0.5, 0.6) is 0 Å². The molecule has 98 valence electrons. The minimum atomic E-state index is -0.0299. The molecule has 1 fully saturated rings. The maximum absolute atomic E-state index is 12.2. The Hall–Kier alpha value is -0.620. The molecule has 1 saturated carbocycles. The Labute approximate surface area is 122 Å². The minimum Gasteiger partial charge on any atom is -0.327 e. The number of rotatable bonds is 2. The van der Waals surface area contributed by atoms with E-state index in [4.69, 9.17) is 5.73 Å². The number of carbonyl (C=O) groups excluding carboxylic acids is 1. The van der Waals surface area contributed by atoms with Crippen LogP contribution in [0.25, 0.3) is 0 Å². The highest BCUT2D eigenvalue weighted by Gasteiger charge is 2.28. The normalized spacial score (nSPS) is 23.7. The fourth-order valence-corrected chi connectivity index (χ4v) is 2.91. The van der Waals surface area contributed by atoms with Crippen LogP contribution >= 0.6 is 22.6 Å². The molecule has 2 atom stereocenters. The van der Waals surface area contributed by atoms with Crippen molar-refractivity contribution in [3.63, 3.8) is 0 Å². The number of nitrogens with two attached hydrogens (primary N) is 1. The van der Waals surface area contributed by atoms with E-state index in [0.717, 1.165) is 31.4 Å². The molecule has 0 radical (unpaired) electrons. The third kappa shape index (κ3) is 3.23. The lowest BCUT2D eigenvalue weighted by Crippen LogP contribution is -2.40. The van der Waals surface area contributed by atoms with Gasteiger partial charge in [0.25, 0.3) is 0 Å². The first kappa shape index (κ1) is 13.8. The van der Waals surface area contributed by atoms with Gasteiger partial charge in [-0.3, -0.25) is 4.79 Å². The Kier molecular flexibility index (Phi) is 4.61. The van der Waals surface area contributed by atoms with E-state index in [2.05, 4.69) is 34.8 Å². The van der Waals surface area contributed by atoms with Gasteiger partial charge in [0.05, 0.1) is 5.92 Å². The monoisotopic (exact) mass is 358 g/mol. The average molecular weight is 358 g/mol. The molecule has 0 bridgehead atoms. The standard InChI is InChI=1S/C14H19IN2O/c1-9-6-7-10(8-12(9)15)17-14(18)11-4-2-3-5-13(11)16/h6-8,11,13H,2-5,16H2,1H3,(H,17,18). The zero-order valence-corrected chi connectivity index (χ0v) is 12.7. The number of halogens is 1. The van der Waals surface area contributed by atoms with Gasteiger partial charge in [0.1, 0.15) is 0 Å². The molecule has 0 spiro atoms. The van der Waals surface area contributed by atoms with E-state index in [9.17, 15) is 4.79 Å². The van der Waals surface area contributed by atoms with Crippen LogP contribution in [0.3, 0.4) is 0 Å². The molecule has 1 aliphatic carbocycles. The molecule has 0 aliphatic heterocycles. The van der Waals surface area contributed by atoms with Crippen molar-refractivity contribution in [1.29, 1.82) is 0 Å². The predicted octanol–water partition coefficient (Wildman–Crippen LogP) is 3.06. The molecule has 1 amide bonds. The van der Waals surface area contributed by atoms with E-state index < -0.39 is 0 Å². The Morgan fingerprint density at radius 1 is 1.39 bits per heavy atom. The molecule has 2 unspecified atom stereocenters. The largest absolute Gasteiger partial charge is 0.327 e. The molecule has 3 N–H and O–H groups in total. The molecule has 1 aliphatic rings. The SMILES string of the molecule is Cc1ccc(NC(=O)C2CCCCC2N)cc1I. The van der Waals surface area contributed by atoms with Gasteiger partial charge >= 0.3 is 0 Å². The van der Waals surface area contributed by atoms with Crippen molar-refractivity contribution in [2.24, 2.45) is 11.7 Å². The highest BCUT2D eigenvalue weighted by molar-refractivity contribution is 14.1. The summed E-state index contributed by atoms with van der Waals surface area (Å²) in [6.07, 6.45) is 4.13. The lowest BCUT2D eigenvalue weighted by molar-refractivity contribution is -0.121. The topological polar surface area (TPSA) is 55.1 Å². The summed E-state index contributed by atoms with van der Waals surface area (Å²) in [6.45, 7) is 2.06. The number of carbonyl (C=O) groups is 1. The van der Waals surface area contributed by atoms with E-state index in [1.807, 2.05) is 18.2 Å². The van der Waals surface area contributed by atoms with E-state index in [1.165, 1.54) is 9.13 Å². The Bertz CT molecular complexity index is 447. The predicted molar refractivity (Wildman–Crippen MR) is 82.5 cm³/mol. The molecule has 0 aromatic heterocycles. The Balaban J connectivity index is 2.04. The number of aryl methyl sites for hydroxylation is 1. The number of benzene rings is 1. The van der Waals surface area contributed by atoms with Gasteiger partial charge in [-0.2, -0.15) is 0 Å². The van der Waals surface area contributed by atoms with Crippen molar-refractivity contribution in [3.05, 3.63) is 27.3 Å². The molecule has 1 aromatic carbocycles. The molecule has 3 nitrogen and oxygen atoms in total. The van der Waals surface area contributed by atoms with Crippen LogP contribution < -0.4 is 11.1 Å². The van der Waals surface area contributed by atoms with E-state index in [-0.39, 0.29) is 17.9 Å². The van der Waals surface area contributed by atoms with Gasteiger partial charge in [-0.25, -0.2) is 0 Å². The van der Waals surface area contributed by atoms with Crippen molar-refractivity contribution < 1.29 is 4.79 Å². The van der Waals surface area contributed by atoms with Crippen LogP contribution in [0.2, 0.25) is 0 Å². The van der Waals surface area contributed by atoms with Gasteiger partial charge in [-0.1, -0.05) is 18.9 Å². The second-order valence-corrected chi connectivity index (χ2v) is 6.17. The molecule has 2 rings (SSSR count). The number of hydrogen-bond donors (Lipinski definition) is 2. The number of anilines is 1. The fraction of sp³-hybridized carbons (Fsp3) is 0.500. The number of hydrogen-bond acceptors (Lipinski definition) is 2. The maximum atomic E-state index is 12.2. The molecular formula is C14H19IN2O. The van der Waals surface area contributed by atoms with Crippen molar-refractivity contribution in [3.8, 4) is 0 Å². The summed E-state index contributed by atoms with van der Waals surface area (Å²) in [5, 5.41) is 2.99. The summed E-state index contributed by atoms with van der Waals surface area (Å²) in [5.74, 6) is 0.0413. The first-order chi connectivity index (χ1) is 8.58. The first-order valence-corrected chi connectivity index (χ1v) is 7.48. The van der Waals surface area contributed by atoms with Crippen molar-refractivity contribution in [2.45, 2.75) is 38.6 Å². The van der Waals surface area contributed by atoms with Gasteiger partial charge in [-0.05, 0) is 60.1 Å². The van der Waals surface area contributed by atoms with Crippen molar-refractivity contribution >= 4 is 34.2 Å². The van der Waals surface area contributed by atoms with Crippen LogP contribution in [0.15, 0.2) is 18.2 Å². The molecule has 18 heavy (non-hydrogen) atoms. The quantitative estimate of drug-likeness (QED) is 0.799. The third-order valence-electron chi connectivity index (χ3n) is 3.60. The van der Waals surface area contributed by atoms with Crippen LogP contribution in [0.4, 0.5) is 5.69 Å². The van der Waals surface area contributed by atoms with Crippen molar-refractivity contribution in [2.75, 3.05) is 5.32 Å². The smallest absolute Gasteiger partial charge is 0.229 e. The minimum absolute atomic E-state index is 0.0169. The second kappa shape index (κ2) is 6.02. The Morgan fingerprint density at radius 2 is 2.11 bits per heavy atom. The lowest BCUT2D eigenvalue weighted by Gasteiger charge is -2.27. The zero-order chi connectivity index (χ0) is 13.1. The molecule has 4 heteroatoms. The molecular weight excluding hydrogens is 339 g/mol. The maximum Gasteiger partial charge on any atom is 0.229 e. The van der Waals surface area contributed by atoms with Gasteiger partial charge in [0, 0.05) is 15.3 Å². The zero-order valence-electron chi connectivity index (χ0n) is 10.6. The summed E-state index contributed by atoms with van der Waals surface area (Å²) in [5.41, 5.74) is 8.12. The second-order valence-electron chi connectivity index (χ2n) is 5.01. The van der Waals surface area contributed by atoms with Gasteiger partial charge < -0.3 is 11.1 Å². The highest BCUT2D eigenvalue weighted by Crippen LogP contribution is 2.25. The first-order valence-electron chi connectivity index (χ1n) is 6.40. The van der Waals surface area contributed by atoms with Crippen molar-refractivity contribution in [1.82, 2.24) is 0 Å². The van der Waals surface area contributed by atoms with Gasteiger partial charge in [0.15, 0.2) is 0 Å². The number of amides is 1. The van der Waals surface area contributed by atoms with Crippen LogP contribution in [0.1, 0.15) is 31.2 Å². The number of nitrogens with one attached hydrogen (secondary N) is 1. The van der Waals surface area contributed by atoms with E-state index >= 15 is 0 Å². The summed E-state index contributed by atoms with van der Waals surface area (Å²) >= 11 is 2.28. The lowest BCUT2D eigenvalue weighted by atomic mass is 9.84. The summed E-state index contributed by atoms with van der Waals surface area (Å²) in [6, 6.07) is 5.99.